The number of ether oxygens (including phenoxy) is 2. The van der Waals surface area contributed by atoms with Gasteiger partial charge in [-0.25, -0.2) is 4.98 Å². The Morgan fingerprint density at radius 1 is 1.48 bits per heavy atom. The molecule has 1 spiro atoms. The average Bonchev–Trinajstić information content (AvgIpc) is 3.14. The van der Waals surface area contributed by atoms with E-state index < -0.39 is 0 Å². The Bertz CT molecular complexity index is 575. The Kier molecular flexibility index (Phi) is 3.89. The van der Waals surface area contributed by atoms with Gasteiger partial charge in [0.05, 0.1) is 6.10 Å². The van der Waals surface area contributed by atoms with E-state index in [0.29, 0.717) is 24.2 Å². The van der Waals surface area contributed by atoms with E-state index in [-0.39, 0.29) is 23.5 Å². The summed E-state index contributed by atoms with van der Waals surface area (Å²) in [5.41, 5.74) is 0.533. The summed E-state index contributed by atoms with van der Waals surface area (Å²) in [6.45, 7) is 3.48. The molecule has 1 aliphatic heterocycles. The first-order chi connectivity index (χ1) is 11.2. The number of amides is 1. The zero-order valence-electron chi connectivity index (χ0n) is 13.5. The maximum Gasteiger partial charge on any atom is 0.273 e. The second-order valence-corrected chi connectivity index (χ2v) is 6.86. The van der Waals surface area contributed by atoms with Gasteiger partial charge in [0.15, 0.2) is 17.8 Å². The van der Waals surface area contributed by atoms with Crippen LogP contribution in [0.4, 0.5) is 0 Å². The highest BCUT2D eigenvalue weighted by atomic mass is 16.5. The molecular weight excluding hydrogens is 296 g/mol. The number of carbonyl (C=O) groups is 1. The summed E-state index contributed by atoms with van der Waals surface area (Å²) in [4.78, 5) is 16.8. The molecule has 23 heavy (non-hydrogen) atoms. The van der Waals surface area contributed by atoms with Gasteiger partial charge < -0.3 is 19.2 Å². The molecule has 0 bridgehead atoms. The van der Waals surface area contributed by atoms with Gasteiger partial charge in [0.2, 0.25) is 0 Å². The Morgan fingerprint density at radius 3 is 3.00 bits per heavy atom. The first-order valence-corrected chi connectivity index (χ1v) is 8.72. The largest absolute Gasteiger partial charge is 0.445 e. The van der Waals surface area contributed by atoms with E-state index in [4.69, 9.17) is 13.9 Å². The van der Waals surface area contributed by atoms with Gasteiger partial charge in [-0.05, 0) is 39.0 Å². The van der Waals surface area contributed by atoms with E-state index in [2.05, 4.69) is 10.3 Å². The van der Waals surface area contributed by atoms with Crippen LogP contribution in [-0.2, 0) is 9.47 Å². The Balaban J connectivity index is 1.44. The van der Waals surface area contributed by atoms with Crippen LogP contribution in [0, 0.1) is 5.41 Å². The first kappa shape index (κ1) is 15.1. The lowest BCUT2D eigenvalue weighted by Crippen LogP contribution is -2.67. The van der Waals surface area contributed by atoms with Crippen LogP contribution in [0.15, 0.2) is 10.8 Å². The number of nitrogens with zero attached hydrogens (tertiary/aromatic N) is 1. The smallest absolute Gasteiger partial charge is 0.273 e. The summed E-state index contributed by atoms with van der Waals surface area (Å²) in [6.07, 6.45) is 7.78. The minimum atomic E-state index is -0.143. The molecule has 2 heterocycles. The number of hydrogen-bond acceptors (Lipinski definition) is 5. The fraction of sp³-hybridized carbons (Fsp3) is 0.765. The summed E-state index contributed by atoms with van der Waals surface area (Å²) in [6, 6.07) is 0.189. The molecule has 3 aliphatic rings. The van der Waals surface area contributed by atoms with Gasteiger partial charge in [0.25, 0.3) is 5.91 Å². The van der Waals surface area contributed by atoms with Gasteiger partial charge in [-0.3, -0.25) is 4.79 Å². The van der Waals surface area contributed by atoms with Gasteiger partial charge in [-0.15, -0.1) is 0 Å². The van der Waals surface area contributed by atoms with Crippen molar-refractivity contribution in [3.8, 4) is 0 Å². The van der Waals surface area contributed by atoms with E-state index in [0.717, 1.165) is 38.7 Å². The fourth-order valence-electron chi connectivity index (χ4n) is 4.31. The lowest BCUT2D eigenvalue weighted by atomic mass is 9.51. The predicted molar refractivity (Wildman–Crippen MR) is 82.0 cm³/mol. The molecule has 0 radical (unpaired) electrons. The Morgan fingerprint density at radius 2 is 2.35 bits per heavy atom. The molecule has 3 atom stereocenters. The number of hydrogen-bond donors (Lipinski definition) is 1. The SMILES string of the molecule is CCOC1CC(NC(=O)c2ncoc2C2CCCO2)C12CCC2. The molecule has 1 saturated heterocycles. The second-order valence-electron chi connectivity index (χ2n) is 6.86. The predicted octanol–water partition coefficient (Wildman–Crippen LogP) is 2.60. The van der Waals surface area contributed by atoms with Crippen molar-refractivity contribution in [2.45, 2.75) is 63.7 Å². The molecule has 1 N–H and O–H groups in total. The monoisotopic (exact) mass is 320 g/mol. The van der Waals surface area contributed by atoms with Gasteiger partial charge in [-0.2, -0.15) is 0 Å². The third-order valence-electron chi connectivity index (χ3n) is 5.77. The van der Waals surface area contributed by atoms with E-state index in [1.165, 1.54) is 12.8 Å². The highest BCUT2D eigenvalue weighted by molar-refractivity contribution is 5.93. The topological polar surface area (TPSA) is 73.6 Å². The third-order valence-corrected chi connectivity index (χ3v) is 5.77. The highest BCUT2D eigenvalue weighted by Gasteiger charge is 2.59. The normalized spacial score (nSPS) is 31.6. The van der Waals surface area contributed by atoms with Crippen LogP contribution in [0.1, 0.15) is 67.8 Å². The van der Waals surface area contributed by atoms with Crippen molar-refractivity contribution in [1.29, 1.82) is 0 Å². The van der Waals surface area contributed by atoms with E-state index in [1.807, 2.05) is 6.92 Å². The number of oxazole rings is 1. The third kappa shape index (κ3) is 2.39. The minimum absolute atomic E-state index is 0.131. The summed E-state index contributed by atoms with van der Waals surface area (Å²) in [5.74, 6) is 0.429. The van der Waals surface area contributed by atoms with Gasteiger partial charge in [0.1, 0.15) is 6.10 Å². The molecule has 1 aromatic heterocycles. The van der Waals surface area contributed by atoms with Crippen molar-refractivity contribution in [2.24, 2.45) is 5.41 Å². The maximum absolute atomic E-state index is 12.6. The van der Waals surface area contributed by atoms with Crippen LogP contribution >= 0.6 is 0 Å². The summed E-state index contributed by atoms with van der Waals surface area (Å²) in [5, 5.41) is 3.17. The average molecular weight is 320 g/mol. The van der Waals surface area contributed by atoms with Crippen molar-refractivity contribution < 1.29 is 18.7 Å². The summed E-state index contributed by atoms with van der Waals surface area (Å²) < 4.78 is 16.9. The number of rotatable bonds is 5. The lowest BCUT2D eigenvalue weighted by molar-refractivity contribution is -0.169. The molecule has 3 unspecified atom stereocenters. The zero-order valence-corrected chi connectivity index (χ0v) is 13.5. The maximum atomic E-state index is 12.6. The van der Waals surface area contributed by atoms with Crippen LogP contribution in [-0.4, -0.2) is 36.3 Å². The fourth-order valence-corrected chi connectivity index (χ4v) is 4.31. The molecule has 2 aliphatic carbocycles. The van der Waals surface area contributed by atoms with Crippen molar-refractivity contribution in [3.05, 3.63) is 17.8 Å². The second kappa shape index (κ2) is 5.91. The molecule has 1 aromatic rings. The molecular formula is C17H24N2O4. The molecule has 3 fully saturated rings. The van der Waals surface area contributed by atoms with Gasteiger partial charge in [-0.1, -0.05) is 6.42 Å². The molecule has 2 saturated carbocycles. The molecule has 126 valence electrons. The van der Waals surface area contributed by atoms with Crippen LogP contribution in [0.25, 0.3) is 0 Å². The number of nitrogens with one attached hydrogen (secondary N) is 1. The van der Waals surface area contributed by atoms with Crippen molar-refractivity contribution in [2.75, 3.05) is 13.2 Å². The van der Waals surface area contributed by atoms with E-state index >= 15 is 0 Å². The summed E-state index contributed by atoms with van der Waals surface area (Å²) >= 11 is 0. The highest BCUT2D eigenvalue weighted by Crippen LogP contribution is 2.57. The Labute approximate surface area is 135 Å². The van der Waals surface area contributed by atoms with Crippen LogP contribution < -0.4 is 5.32 Å². The quantitative estimate of drug-likeness (QED) is 0.902. The molecule has 6 nitrogen and oxygen atoms in total. The molecule has 0 aromatic carbocycles. The zero-order chi connectivity index (χ0) is 15.9. The van der Waals surface area contributed by atoms with Crippen molar-refractivity contribution in [3.63, 3.8) is 0 Å². The van der Waals surface area contributed by atoms with E-state index in [9.17, 15) is 4.79 Å². The minimum Gasteiger partial charge on any atom is -0.445 e. The van der Waals surface area contributed by atoms with E-state index in [1.54, 1.807) is 0 Å². The van der Waals surface area contributed by atoms with Crippen molar-refractivity contribution >= 4 is 5.91 Å². The number of aromatic nitrogens is 1. The molecule has 4 rings (SSSR count). The van der Waals surface area contributed by atoms with Crippen LogP contribution in [0.5, 0.6) is 0 Å². The molecule has 6 heteroatoms. The summed E-state index contributed by atoms with van der Waals surface area (Å²) in [7, 11) is 0. The van der Waals surface area contributed by atoms with Crippen LogP contribution in [0.3, 0.4) is 0 Å². The number of carbonyl (C=O) groups excluding carboxylic acids is 1. The van der Waals surface area contributed by atoms with Crippen LogP contribution in [0.2, 0.25) is 0 Å². The Hall–Kier alpha value is -1.40. The first-order valence-electron chi connectivity index (χ1n) is 8.72. The molecule has 1 amide bonds. The van der Waals surface area contributed by atoms with Crippen molar-refractivity contribution in [1.82, 2.24) is 10.3 Å². The van der Waals surface area contributed by atoms with Gasteiger partial charge >= 0.3 is 0 Å². The standard InChI is InChI=1S/C17H24N2O4/c1-2-21-13-9-12(17(13)6-4-7-17)19-16(20)14-15(23-10-18-14)11-5-3-8-22-11/h10-13H,2-9H2,1H3,(H,19,20). The lowest BCUT2D eigenvalue weighted by Gasteiger charge is -2.60. The van der Waals surface area contributed by atoms with Gasteiger partial charge in [0, 0.05) is 24.7 Å².